The molecule has 2 rings (SSSR count). The van der Waals surface area contributed by atoms with Crippen molar-refractivity contribution >= 4 is 15.9 Å². The molecule has 140 valence electrons. The third-order valence-corrected chi connectivity index (χ3v) is 5.90. The summed E-state index contributed by atoms with van der Waals surface area (Å²) in [7, 11) is 1.02. The lowest BCUT2D eigenvalue weighted by molar-refractivity contribution is -0.121. The Bertz CT molecular complexity index is 863. The van der Waals surface area contributed by atoms with Crippen molar-refractivity contribution < 1.29 is 17.9 Å². The zero-order valence-electron chi connectivity index (χ0n) is 15.2. The molecule has 0 bridgehead atoms. The van der Waals surface area contributed by atoms with Gasteiger partial charge < -0.3 is 10.1 Å². The molecule has 0 saturated heterocycles. The molecular weight excluding hydrogens is 352 g/mol. The summed E-state index contributed by atoms with van der Waals surface area (Å²) in [6.45, 7) is 0.167. The van der Waals surface area contributed by atoms with Crippen molar-refractivity contribution in [2.75, 3.05) is 21.2 Å². The van der Waals surface area contributed by atoms with E-state index in [0.29, 0.717) is 18.4 Å². The van der Waals surface area contributed by atoms with Gasteiger partial charge in [-0.25, -0.2) is 12.7 Å². The summed E-state index contributed by atoms with van der Waals surface area (Å²) in [5.41, 5.74) is 1.58. The first kappa shape index (κ1) is 19.9. The van der Waals surface area contributed by atoms with Crippen LogP contribution in [0.25, 0.3) is 0 Å². The standard InChI is InChI=1S/C19H24N2O4S/c1-21(2)26(23,24)18-10-5-4-8-16(18)14-20-19(22)12-11-15-7-6-9-17(13-15)25-3/h4-10,13H,11-12,14H2,1-3H3,(H,20,22). The molecule has 26 heavy (non-hydrogen) atoms. The highest BCUT2D eigenvalue weighted by molar-refractivity contribution is 7.89. The van der Waals surface area contributed by atoms with Crippen LogP contribution in [-0.2, 0) is 27.8 Å². The minimum absolute atomic E-state index is 0.134. The van der Waals surface area contributed by atoms with Gasteiger partial charge in [0.2, 0.25) is 15.9 Å². The van der Waals surface area contributed by atoms with Crippen LogP contribution in [0.2, 0.25) is 0 Å². The van der Waals surface area contributed by atoms with Crippen LogP contribution in [0.4, 0.5) is 0 Å². The molecule has 1 N–H and O–H groups in total. The number of ether oxygens (including phenoxy) is 1. The molecule has 2 aromatic carbocycles. The summed E-state index contributed by atoms with van der Waals surface area (Å²) in [6, 6.07) is 14.3. The van der Waals surface area contributed by atoms with Crippen molar-refractivity contribution in [2.45, 2.75) is 24.3 Å². The van der Waals surface area contributed by atoms with Gasteiger partial charge in [-0.2, -0.15) is 0 Å². The summed E-state index contributed by atoms with van der Waals surface area (Å²) in [4.78, 5) is 12.3. The highest BCUT2D eigenvalue weighted by atomic mass is 32.2. The molecule has 1 amide bonds. The molecule has 0 aromatic heterocycles. The van der Waals surface area contributed by atoms with Crippen molar-refractivity contribution in [3.63, 3.8) is 0 Å². The number of hydrogen-bond donors (Lipinski definition) is 1. The Balaban J connectivity index is 1.98. The van der Waals surface area contributed by atoms with Crippen LogP contribution in [0.1, 0.15) is 17.5 Å². The molecular formula is C19H24N2O4S. The van der Waals surface area contributed by atoms with Crippen LogP contribution in [-0.4, -0.2) is 39.8 Å². The fourth-order valence-corrected chi connectivity index (χ4v) is 3.58. The molecule has 0 saturated carbocycles. The van der Waals surface area contributed by atoms with Crippen LogP contribution in [0.15, 0.2) is 53.4 Å². The van der Waals surface area contributed by atoms with Crippen molar-refractivity contribution in [1.82, 2.24) is 9.62 Å². The summed E-state index contributed by atoms with van der Waals surface area (Å²) in [6.07, 6.45) is 0.899. The first-order valence-corrected chi connectivity index (χ1v) is 9.68. The van der Waals surface area contributed by atoms with Crippen molar-refractivity contribution in [1.29, 1.82) is 0 Å². The van der Waals surface area contributed by atoms with Gasteiger partial charge in [0.05, 0.1) is 12.0 Å². The minimum atomic E-state index is -3.55. The van der Waals surface area contributed by atoms with Gasteiger partial charge in [0.15, 0.2) is 0 Å². The molecule has 7 heteroatoms. The molecule has 0 radical (unpaired) electrons. The Kier molecular flexibility index (Phi) is 6.76. The van der Waals surface area contributed by atoms with E-state index in [1.165, 1.54) is 14.1 Å². The van der Waals surface area contributed by atoms with Gasteiger partial charge in [-0.05, 0) is 35.7 Å². The SMILES string of the molecule is COc1cccc(CCC(=O)NCc2ccccc2S(=O)(=O)N(C)C)c1. The van der Waals surface area contributed by atoms with Gasteiger partial charge in [0.1, 0.15) is 5.75 Å². The van der Waals surface area contributed by atoms with Crippen LogP contribution in [0.3, 0.4) is 0 Å². The van der Waals surface area contributed by atoms with E-state index in [9.17, 15) is 13.2 Å². The van der Waals surface area contributed by atoms with E-state index >= 15 is 0 Å². The second-order valence-electron chi connectivity index (χ2n) is 6.02. The van der Waals surface area contributed by atoms with E-state index in [1.807, 2.05) is 24.3 Å². The molecule has 0 fully saturated rings. The number of nitrogens with one attached hydrogen (secondary N) is 1. The molecule has 0 atom stereocenters. The maximum Gasteiger partial charge on any atom is 0.242 e. The second kappa shape index (κ2) is 8.82. The Hall–Kier alpha value is -2.38. The maximum atomic E-state index is 12.4. The van der Waals surface area contributed by atoms with Crippen LogP contribution >= 0.6 is 0 Å². The van der Waals surface area contributed by atoms with Gasteiger partial charge >= 0.3 is 0 Å². The fourth-order valence-electron chi connectivity index (χ4n) is 2.47. The fraction of sp³-hybridized carbons (Fsp3) is 0.316. The number of aryl methyl sites for hydroxylation is 1. The van der Waals surface area contributed by atoms with Crippen LogP contribution < -0.4 is 10.1 Å². The molecule has 0 aliphatic heterocycles. The zero-order chi connectivity index (χ0) is 19.2. The second-order valence-corrected chi connectivity index (χ2v) is 8.14. The van der Waals surface area contributed by atoms with E-state index in [2.05, 4.69) is 5.32 Å². The third kappa shape index (κ3) is 5.06. The molecule has 0 heterocycles. The number of rotatable bonds is 8. The lowest BCUT2D eigenvalue weighted by atomic mass is 10.1. The normalized spacial score (nSPS) is 11.4. The topological polar surface area (TPSA) is 75.7 Å². The van der Waals surface area contributed by atoms with E-state index in [0.717, 1.165) is 15.6 Å². The molecule has 0 spiro atoms. The third-order valence-electron chi connectivity index (χ3n) is 3.98. The van der Waals surface area contributed by atoms with Gasteiger partial charge in [-0.15, -0.1) is 0 Å². The highest BCUT2D eigenvalue weighted by Gasteiger charge is 2.20. The first-order chi connectivity index (χ1) is 12.3. The Morgan fingerprint density at radius 3 is 2.54 bits per heavy atom. The number of hydrogen-bond acceptors (Lipinski definition) is 4. The van der Waals surface area contributed by atoms with E-state index in [-0.39, 0.29) is 17.3 Å². The monoisotopic (exact) mass is 376 g/mol. The molecule has 0 unspecified atom stereocenters. The van der Waals surface area contributed by atoms with Gasteiger partial charge in [-0.3, -0.25) is 4.79 Å². The van der Waals surface area contributed by atoms with E-state index in [4.69, 9.17) is 4.74 Å². The molecule has 2 aromatic rings. The van der Waals surface area contributed by atoms with E-state index < -0.39 is 10.0 Å². The van der Waals surface area contributed by atoms with Crippen LogP contribution in [0, 0.1) is 0 Å². The van der Waals surface area contributed by atoms with Gasteiger partial charge in [0.25, 0.3) is 0 Å². The first-order valence-electron chi connectivity index (χ1n) is 8.24. The maximum absolute atomic E-state index is 12.4. The number of nitrogens with zero attached hydrogens (tertiary/aromatic N) is 1. The van der Waals surface area contributed by atoms with Gasteiger partial charge in [0, 0.05) is 27.1 Å². The van der Waals surface area contributed by atoms with Crippen molar-refractivity contribution in [2.24, 2.45) is 0 Å². The lowest BCUT2D eigenvalue weighted by Gasteiger charge is -2.15. The predicted molar refractivity (Wildman–Crippen MR) is 100 cm³/mol. The molecule has 6 nitrogen and oxygen atoms in total. The summed E-state index contributed by atoms with van der Waals surface area (Å²) < 4.78 is 31.1. The summed E-state index contributed by atoms with van der Waals surface area (Å²) in [5, 5.41) is 2.80. The quantitative estimate of drug-likeness (QED) is 0.766. The van der Waals surface area contributed by atoms with Crippen molar-refractivity contribution in [3.8, 4) is 5.75 Å². The number of sulfonamides is 1. The highest BCUT2D eigenvalue weighted by Crippen LogP contribution is 2.18. The van der Waals surface area contributed by atoms with Gasteiger partial charge in [-0.1, -0.05) is 30.3 Å². The number of amides is 1. The number of carbonyl (C=O) groups is 1. The number of carbonyl (C=O) groups excluding carboxylic acids is 1. The van der Waals surface area contributed by atoms with E-state index in [1.54, 1.807) is 31.4 Å². The molecule has 0 aliphatic carbocycles. The molecule has 0 aliphatic rings. The Morgan fingerprint density at radius 1 is 1.12 bits per heavy atom. The zero-order valence-corrected chi connectivity index (χ0v) is 16.0. The predicted octanol–water partition coefficient (Wildman–Crippen LogP) is 2.19. The minimum Gasteiger partial charge on any atom is -0.497 e. The van der Waals surface area contributed by atoms with Crippen molar-refractivity contribution in [3.05, 3.63) is 59.7 Å². The Labute approximate surface area is 154 Å². The summed E-state index contributed by atoms with van der Waals surface area (Å²) in [5.74, 6) is 0.621. The lowest BCUT2D eigenvalue weighted by Crippen LogP contribution is -2.27. The number of benzene rings is 2. The Morgan fingerprint density at radius 2 is 1.85 bits per heavy atom. The summed E-state index contributed by atoms with van der Waals surface area (Å²) >= 11 is 0. The average Bonchev–Trinajstić information content (AvgIpc) is 2.65. The smallest absolute Gasteiger partial charge is 0.242 e. The largest absolute Gasteiger partial charge is 0.497 e. The number of methoxy groups -OCH3 is 1. The van der Waals surface area contributed by atoms with Crippen LogP contribution in [0.5, 0.6) is 5.75 Å². The average molecular weight is 376 g/mol.